The minimum atomic E-state index is 0.110. The summed E-state index contributed by atoms with van der Waals surface area (Å²) in [5.41, 5.74) is 1.76. The van der Waals surface area contributed by atoms with Crippen LogP contribution in [0.1, 0.15) is 43.3 Å². The highest BCUT2D eigenvalue weighted by atomic mass is 16.3. The van der Waals surface area contributed by atoms with Crippen molar-refractivity contribution in [3.8, 4) is 0 Å². The van der Waals surface area contributed by atoms with E-state index in [1.807, 2.05) is 20.8 Å². The minimum absolute atomic E-state index is 0.110. The first kappa shape index (κ1) is 16.7. The third-order valence-corrected chi connectivity index (χ3v) is 4.84. The summed E-state index contributed by atoms with van der Waals surface area (Å²) in [6, 6.07) is 0. The zero-order chi connectivity index (χ0) is 17.3. The predicted octanol–water partition coefficient (Wildman–Crippen LogP) is 2.89. The van der Waals surface area contributed by atoms with Crippen molar-refractivity contribution >= 4 is 22.8 Å². The molecule has 1 saturated heterocycles. The second kappa shape index (κ2) is 6.79. The van der Waals surface area contributed by atoms with E-state index in [9.17, 15) is 4.79 Å². The Labute approximate surface area is 142 Å². The molecule has 1 aliphatic rings. The Bertz CT molecular complexity index is 745. The second-order valence-corrected chi connectivity index (χ2v) is 6.61. The molecule has 3 rings (SSSR count). The molecule has 1 amide bonds. The number of anilines is 1. The van der Waals surface area contributed by atoms with Crippen molar-refractivity contribution in [3.63, 3.8) is 0 Å². The van der Waals surface area contributed by atoms with Crippen molar-refractivity contribution in [1.29, 1.82) is 0 Å². The zero-order valence-corrected chi connectivity index (χ0v) is 15.0. The first-order valence-corrected chi connectivity index (χ1v) is 8.78. The molecule has 3 heterocycles. The van der Waals surface area contributed by atoms with Gasteiger partial charge < -0.3 is 14.6 Å². The van der Waals surface area contributed by atoms with Crippen LogP contribution in [-0.2, 0) is 4.79 Å². The van der Waals surface area contributed by atoms with Gasteiger partial charge in [-0.25, -0.2) is 4.98 Å². The number of carbonyl (C=O) groups is 1. The summed E-state index contributed by atoms with van der Waals surface area (Å²) in [7, 11) is 0. The van der Waals surface area contributed by atoms with Gasteiger partial charge in [0.1, 0.15) is 17.4 Å². The van der Waals surface area contributed by atoms with Crippen LogP contribution in [0.25, 0.3) is 11.1 Å². The molecule has 0 spiro atoms. The van der Waals surface area contributed by atoms with E-state index in [4.69, 9.17) is 4.42 Å². The van der Waals surface area contributed by atoms with Crippen LogP contribution in [0.4, 0.5) is 5.82 Å². The van der Waals surface area contributed by atoms with Gasteiger partial charge in [0.15, 0.2) is 0 Å². The van der Waals surface area contributed by atoms with Gasteiger partial charge in [-0.15, -0.1) is 0 Å². The molecule has 2 aromatic heterocycles. The Kier molecular flexibility index (Phi) is 4.73. The van der Waals surface area contributed by atoms with E-state index in [1.54, 1.807) is 0 Å². The van der Waals surface area contributed by atoms with Crippen LogP contribution in [0.3, 0.4) is 0 Å². The first-order valence-electron chi connectivity index (χ1n) is 8.78. The van der Waals surface area contributed by atoms with Gasteiger partial charge in [-0.2, -0.15) is 4.98 Å². The molecular formula is C18H26N4O2. The molecule has 6 heteroatoms. The molecule has 2 aromatic rings. The van der Waals surface area contributed by atoms with Crippen molar-refractivity contribution in [3.05, 3.63) is 17.1 Å². The van der Waals surface area contributed by atoms with Gasteiger partial charge in [-0.05, 0) is 40.0 Å². The number of aryl methyl sites for hydroxylation is 3. The summed E-state index contributed by atoms with van der Waals surface area (Å²) in [6.45, 7) is 10.4. The molecule has 130 valence electrons. The van der Waals surface area contributed by atoms with Crippen molar-refractivity contribution in [2.45, 2.75) is 47.0 Å². The monoisotopic (exact) mass is 330 g/mol. The number of furan rings is 1. The van der Waals surface area contributed by atoms with Gasteiger partial charge >= 0.3 is 0 Å². The highest BCUT2D eigenvalue weighted by Crippen LogP contribution is 2.33. The number of fused-ring (bicyclic) bond motifs is 1. The SMILES string of the molecule is CCCNC(=O)C1CCN(c2nc(C)nc3oc(C)c(C)c23)CC1. The lowest BCUT2D eigenvalue weighted by molar-refractivity contribution is -0.125. The molecule has 0 aromatic carbocycles. The van der Waals surface area contributed by atoms with E-state index in [0.29, 0.717) is 11.5 Å². The fraction of sp³-hybridized carbons (Fsp3) is 0.611. The lowest BCUT2D eigenvalue weighted by Crippen LogP contribution is -2.41. The molecule has 0 radical (unpaired) electrons. The molecule has 24 heavy (non-hydrogen) atoms. The number of carbonyl (C=O) groups excluding carboxylic acids is 1. The lowest BCUT2D eigenvalue weighted by Gasteiger charge is -2.32. The van der Waals surface area contributed by atoms with E-state index in [0.717, 1.165) is 61.4 Å². The average molecular weight is 330 g/mol. The van der Waals surface area contributed by atoms with Crippen LogP contribution in [0.5, 0.6) is 0 Å². The number of nitrogens with one attached hydrogen (secondary N) is 1. The Hall–Kier alpha value is -2.11. The smallest absolute Gasteiger partial charge is 0.231 e. The van der Waals surface area contributed by atoms with Crippen LogP contribution in [0.2, 0.25) is 0 Å². The summed E-state index contributed by atoms with van der Waals surface area (Å²) >= 11 is 0. The molecule has 1 fully saturated rings. The fourth-order valence-corrected chi connectivity index (χ4v) is 3.31. The predicted molar refractivity (Wildman–Crippen MR) is 94.3 cm³/mol. The topological polar surface area (TPSA) is 71.3 Å². The summed E-state index contributed by atoms with van der Waals surface area (Å²) in [5, 5.41) is 4.02. The van der Waals surface area contributed by atoms with Gasteiger partial charge in [0.25, 0.3) is 0 Å². The number of hydrogen-bond acceptors (Lipinski definition) is 5. The van der Waals surface area contributed by atoms with Gasteiger partial charge in [0.05, 0.1) is 5.39 Å². The maximum atomic E-state index is 12.2. The van der Waals surface area contributed by atoms with Crippen LogP contribution in [0, 0.1) is 26.7 Å². The van der Waals surface area contributed by atoms with Gasteiger partial charge in [0, 0.05) is 31.1 Å². The highest BCUT2D eigenvalue weighted by Gasteiger charge is 2.27. The standard InChI is InChI=1S/C18H26N4O2/c1-5-8-19-17(23)14-6-9-22(10-7-14)16-15-11(2)12(3)24-18(15)21-13(4)20-16/h14H,5-10H2,1-4H3,(H,19,23). The Morgan fingerprint density at radius 2 is 1.96 bits per heavy atom. The fourth-order valence-electron chi connectivity index (χ4n) is 3.31. The van der Waals surface area contributed by atoms with E-state index in [1.165, 1.54) is 0 Å². The Balaban J connectivity index is 1.79. The number of nitrogens with zero attached hydrogens (tertiary/aromatic N) is 3. The third kappa shape index (κ3) is 3.09. The molecule has 1 aliphatic heterocycles. The van der Waals surface area contributed by atoms with Crippen LogP contribution in [-0.4, -0.2) is 35.5 Å². The van der Waals surface area contributed by atoms with Crippen LogP contribution < -0.4 is 10.2 Å². The molecule has 6 nitrogen and oxygen atoms in total. The molecule has 0 saturated carbocycles. The summed E-state index contributed by atoms with van der Waals surface area (Å²) in [5.74, 6) is 2.85. The number of aromatic nitrogens is 2. The summed E-state index contributed by atoms with van der Waals surface area (Å²) in [6.07, 6.45) is 2.69. The highest BCUT2D eigenvalue weighted by molar-refractivity contribution is 5.90. The Morgan fingerprint density at radius 3 is 2.62 bits per heavy atom. The van der Waals surface area contributed by atoms with Crippen LogP contribution >= 0.6 is 0 Å². The van der Waals surface area contributed by atoms with Gasteiger partial charge in [-0.3, -0.25) is 4.79 Å². The van der Waals surface area contributed by atoms with Crippen molar-refractivity contribution < 1.29 is 9.21 Å². The van der Waals surface area contributed by atoms with Crippen LogP contribution in [0.15, 0.2) is 4.42 Å². The van der Waals surface area contributed by atoms with E-state index in [2.05, 4.69) is 27.1 Å². The van der Waals surface area contributed by atoms with Gasteiger partial charge in [0.2, 0.25) is 11.6 Å². The number of rotatable bonds is 4. The molecule has 0 atom stereocenters. The maximum absolute atomic E-state index is 12.2. The zero-order valence-electron chi connectivity index (χ0n) is 15.0. The summed E-state index contributed by atoms with van der Waals surface area (Å²) < 4.78 is 5.77. The summed E-state index contributed by atoms with van der Waals surface area (Å²) in [4.78, 5) is 23.5. The largest absolute Gasteiger partial charge is 0.443 e. The van der Waals surface area contributed by atoms with Crippen molar-refractivity contribution in [1.82, 2.24) is 15.3 Å². The molecule has 0 bridgehead atoms. The second-order valence-electron chi connectivity index (χ2n) is 6.61. The molecule has 0 unspecified atom stereocenters. The quantitative estimate of drug-likeness (QED) is 0.933. The normalized spacial score (nSPS) is 15.9. The average Bonchev–Trinajstić information content (AvgIpc) is 2.86. The molecular weight excluding hydrogens is 304 g/mol. The van der Waals surface area contributed by atoms with E-state index in [-0.39, 0.29) is 11.8 Å². The van der Waals surface area contributed by atoms with Crippen molar-refractivity contribution in [2.24, 2.45) is 5.92 Å². The minimum Gasteiger partial charge on any atom is -0.443 e. The molecule has 1 N–H and O–H groups in total. The Morgan fingerprint density at radius 1 is 1.25 bits per heavy atom. The number of hydrogen-bond donors (Lipinski definition) is 1. The lowest BCUT2D eigenvalue weighted by atomic mass is 9.95. The number of piperidine rings is 1. The molecule has 0 aliphatic carbocycles. The number of amides is 1. The third-order valence-electron chi connectivity index (χ3n) is 4.84. The first-order chi connectivity index (χ1) is 11.5. The van der Waals surface area contributed by atoms with E-state index >= 15 is 0 Å². The van der Waals surface area contributed by atoms with Crippen molar-refractivity contribution in [2.75, 3.05) is 24.5 Å². The van der Waals surface area contributed by atoms with Gasteiger partial charge in [-0.1, -0.05) is 6.92 Å². The maximum Gasteiger partial charge on any atom is 0.231 e. The van der Waals surface area contributed by atoms with E-state index < -0.39 is 0 Å².